The maximum atomic E-state index is 13.3. The smallest absolute Gasteiger partial charge is 0.258 e. The Kier molecular flexibility index (Phi) is 5.33. The van der Waals surface area contributed by atoms with Crippen LogP contribution in [0.1, 0.15) is 29.9 Å². The van der Waals surface area contributed by atoms with Gasteiger partial charge in [0.05, 0.1) is 24.1 Å². The Morgan fingerprint density at radius 3 is 2.58 bits per heavy atom. The summed E-state index contributed by atoms with van der Waals surface area (Å²) in [4.78, 5) is 29.2. The molecule has 0 aliphatic carbocycles. The number of imidazole rings is 1. The number of ether oxygens (including phenoxy) is 1. The van der Waals surface area contributed by atoms with E-state index in [2.05, 4.69) is 44.3 Å². The number of pyridine rings is 1. The first-order valence-corrected chi connectivity index (χ1v) is 11.0. The fraction of sp³-hybridized carbons (Fsp3) is 0.333. The molecule has 1 amide bonds. The third kappa shape index (κ3) is 3.95. The lowest BCUT2D eigenvalue weighted by atomic mass is 10.1. The minimum absolute atomic E-state index is 0.274. The summed E-state index contributed by atoms with van der Waals surface area (Å²) in [6.45, 7) is 7.99. The van der Waals surface area contributed by atoms with Crippen LogP contribution in [0.2, 0.25) is 0 Å². The van der Waals surface area contributed by atoms with Gasteiger partial charge in [0.1, 0.15) is 28.1 Å². The molecular weight excluding hydrogens is 418 g/mol. The van der Waals surface area contributed by atoms with E-state index in [-0.39, 0.29) is 5.91 Å². The summed E-state index contributed by atoms with van der Waals surface area (Å²) in [6, 6.07) is 6.31. The van der Waals surface area contributed by atoms with E-state index in [1.165, 1.54) is 0 Å². The molecule has 5 rings (SSSR count). The van der Waals surface area contributed by atoms with Crippen molar-refractivity contribution in [3.63, 3.8) is 0 Å². The summed E-state index contributed by atoms with van der Waals surface area (Å²) in [5, 5.41) is 6.53. The topological polar surface area (TPSA) is 96.7 Å². The van der Waals surface area contributed by atoms with Crippen molar-refractivity contribution in [2.24, 2.45) is 0 Å². The summed E-state index contributed by atoms with van der Waals surface area (Å²) in [7, 11) is 1.57. The number of nitrogens with zero attached hydrogens (tertiary/aromatic N) is 5. The Morgan fingerprint density at radius 2 is 1.85 bits per heavy atom. The summed E-state index contributed by atoms with van der Waals surface area (Å²) in [5.41, 5.74) is 4.93. The fourth-order valence-electron chi connectivity index (χ4n) is 4.60. The number of carbonyl (C=O) groups is 1. The molecule has 4 heterocycles. The van der Waals surface area contributed by atoms with E-state index in [1.807, 2.05) is 29.7 Å². The molecule has 3 aromatic heterocycles. The molecule has 2 atom stereocenters. The normalized spacial score (nSPS) is 18.6. The molecule has 9 nitrogen and oxygen atoms in total. The highest BCUT2D eigenvalue weighted by Crippen LogP contribution is 2.30. The van der Waals surface area contributed by atoms with E-state index in [0.717, 1.165) is 35.6 Å². The number of aryl methyl sites for hydroxylation is 1. The van der Waals surface area contributed by atoms with Gasteiger partial charge in [-0.25, -0.2) is 4.98 Å². The minimum atomic E-state index is -0.274. The number of amides is 1. The molecule has 4 aromatic rings. The summed E-state index contributed by atoms with van der Waals surface area (Å²) >= 11 is 0. The Morgan fingerprint density at radius 1 is 1.12 bits per heavy atom. The van der Waals surface area contributed by atoms with Gasteiger partial charge in [-0.05, 0) is 32.9 Å². The average Bonchev–Trinajstić information content (AvgIpc) is 3.15. The van der Waals surface area contributed by atoms with Crippen LogP contribution in [0.3, 0.4) is 0 Å². The number of hydrogen-bond donors (Lipinski definition) is 2. The van der Waals surface area contributed by atoms with Crippen molar-refractivity contribution in [3.8, 4) is 5.75 Å². The second-order valence-electron chi connectivity index (χ2n) is 8.62. The number of anilines is 2. The van der Waals surface area contributed by atoms with E-state index in [0.29, 0.717) is 34.6 Å². The number of rotatable bonds is 4. The highest BCUT2D eigenvalue weighted by Gasteiger charge is 2.25. The van der Waals surface area contributed by atoms with Gasteiger partial charge in [-0.15, -0.1) is 0 Å². The fourth-order valence-corrected chi connectivity index (χ4v) is 4.60. The van der Waals surface area contributed by atoms with Crippen molar-refractivity contribution < 1.29 is 9.53 Å². The van der Waals surface area contributed by atoms with Gasteiger partial charge in [0.2, 0.25) is 0 Å². The molecule has 1 fully saturated rings. The van der Waals surface area contributed by atoms with Crippen molar-refractivity contribution in [3.05, 3.63) is 54.2 Å². The predicted molar refractivity (Wildman–Crippen MR) is 128 cm³/mol. The van der Waals surface area contributed by atoms with Crippen LogP contribution < -0.4 is 20.3 Å². The van der Waals surface area contributed by atoms with Crippen LogP contribution in [0.4, 0.5) is 11.4 Å². The maximum Gasteiger partial charge on any atom is 0.258 e. The lowest BCUT2D eigenvalue weighted by molar-refractivity contribution is 0.102. The molecule has 33 heavy (non-hydrogen) atoms. The molecule has 1 aromatic carbocycles. The number of hydrogen-bond acceptors (Lipinski definition) is 7. The Bertz CT molecular complexity index is 1340. The zero-order chi connectivity index (χ0) is 23.1. The third-order valence-electron chi connectivity index (χ3n) is 5.89. The van der Waals surface area contributed by atoms with Gasteiger partial charge < -0.3 is 24.7 Å². The number of methoxy groups -OCH3 is 1. The van der Waals surface area contributed by atoms with Crippen LogP contribution in [0.25, 0.3) is 16.7 Å². The van der Waals surface area contributed by atoms with Gasteiger partial charge in [0.25, 0.3) is 5.91 Å². The number of nitrogens with one attached hydrogen (secondary N) is 2. The first-order valence-electron chi connectivity index (χ1n) is 11.0. The highest BCUT2D eigenvalue weighted by atomic mass is 16.5. The van der Waals surface area contributed by atoms with E-state index in [1.54, 1.807) is 31.8 Å². The van der Waals surface area contributed by atoms with Gasteiger partial charge in [0.15, 0.2) is 0 Å². The molecular formula is C24H27N7O2. The van der Waals surface area contributed by atoms with Gasteiger partial charge in [0, 0.05) is 56.0 Å². The second kappa shape index (κ2) is 8.32. The first kappa shape index (κ1) is 21.1. The molecule has 0 radical (unpaired) electrons. The van der Waals surface area contributed by atoms with Crippen molar-refractivity contribution in [1.82, 2.24) is 24.7 Å². The zero-order valence-electron chi connectivity index (χ0n) is 19.2. The molecule has 170 valence electrons. The lowest BCUT2D eigenvalue weighted by Gasteiger charge is -2.38. The second-order valence-corrected chi connectivity index (χ2v) is 8.62. The summed E-state index contributed by atoms with van der Waals surface area (Å²) in [5.74, 6) is 0.265. The largest absolute Gasteiger partial charge is 0.494 e. The molecule has 9 heteroatoms. The Balaban J connectivity index is 1.52. The van der Waals surface area contributed by atoms with Crippen LogP contribution in [-0.4, -0.2) is 57.5 Å². The Hall–Kier alpha value is -3.72. The van der Waals surface area contributed by atoms with Crippen molar-refractivity contribution in [1.29, 1.82) is 0 Å². The van der Waals surface area contributed by atoms with Crippen molar-refractivity contribution in [2.45, 2.75) is 32.9 Å². The van der Waals surface area contributed by atoms with Crippen LogP contribution in [0.5, 0.6) is 5.75 Å². The monoisotopic (exact) mass is 445 g/mol. The van der Waals surface area contributed by atoms with Crippen LogP contribution in [0.15, 0.2) is 43.0 Å². The number of fused-ring (bicyclic) bond motifs is 2. The molecule has 1 saturated heterocycles. The number of benzene rings is 1. The SMILES string of the molecule is COc1cc2nc(C)cn2cc1NC(=O)c1ccc(N2C[C@H](C)N[C@@H](C)C2)c2nccnc12. The lowest BCUT2D eigenvalue weighted by Crippen LogP contribution is -2.54. The number of aromatic nitrogens is 4. The van der Waals surface area contributed by atoms with Crippen LogP contribution in [-0.2, 0) is 0 Å². The van der Waals surface area contributed by atoms with Gasteiger partial charge >= 0.3 is 0 Å². The van der Waals surface area contributed by atoms with E-state index in [9.17, 15) is 4.79 Å². The molecule has 0 bridgehead atoms. The molecule has 1 aliphatic heterocycles. The van der Waals surface area contributed by atoms with E-state index < -0.39 is 0 Å². The molecule has 0 spiro atoms. The summed E-state index contributed by atoms with van der Waals surface area (Å²) < 4.78 is 7.36. The van der Waals surface area contributed by atoms with Crippen LogP contribution >= 0.6 is 0 Å². The standard InChI is InChI=1S/C24H27N7O2/c1-14-10-30(11-15(2)27-14)19-6-5-17(22-23(19)26-8-7-25-22)24(32)29-18-13-31-12-16(3)28-21(31)9-20(18)33-4/h5-9,12-15,27H,10-11H2,1-4H3,(H,29,32)/t14-,15-/m0/s1. The van der Waals surface area contributed by atoms with E-state index in [4.69, 9.17) is 4.74 Å². The summed E-state index contributed by atoms with van der Waals surface area (Å²) in [6.07, 6.45) is 6.99. The van der Waals surface area contributed by atoms with Gasteiger partial charge in [-0.2, -0.15) is 0 Å². The van der Waals surface area contributed by atoms with Crippen molar-refractivity contribution in [2.75, 3.05) is 30.4 Å². The first-order chi connectivity index (χ1) is 15.9. The predicted octanol–water partition coefficient (Wildman–Crippen LogP) is 3.03. The molecule has 0 saturated carbocycles. The van der Waals surface area contributed by atoms with E-state index >= 15 is 0 Å². The highest BCUT2D eigenvalue weighted by molar-refractivity contribution is 6.13. The van der Waals surface area contributed by atoms with Gasteiger partial charge in [-0.3, -0.25) is 14.8 Å². The molecule has 2 N–H and O–H groups in total. The average molecular weight is 446 g/mol. The number of carbonyl (C=O) groups excluding carboxylic acids is 1. The quantitative estimate of drug-likeness (QED) is 0.498. The molecule has 1 aliphatic rings. The van der Waals surface area contributed by atoms with Crippen LogP contribution in [0, 0.1) is 6.92 Å². The third-order valence-corrected chi connectivity index (χ3v) is 5.89. The van der Waals surface area contributed by atoms with Crippen molar-refractivity contribution >= 4 is 34.0 Å². The molecule has 0 unspecified atom stereocenters. The number of piperazine rings is 1. The van der Waals surface area contributed by atoms with Gasteiger partial charge in [-0.1, -0.05) is 0 Å². The minimum Gasteiger partial charge on any atom is -0.494 e. The zero-order valence-corrected chi connectivity index (χ0v) is 19.2. The maximum absolute atomic E-state index is 13.3. The Labute approximate surface area is 191 Å².